The first kappa shape index (κ1) is 33.3. The maximum Gasteiger partial charge on any atom is 0.286 e. The van der Waals surface area contributed by atoms with Crippen LogP contribution in [0.25, 0.3) is 35.6 Å². The van der Waals surface area contributed by atoms with Gasteiger partial charge in [0.25, 0.3) is 23.1 Å². The van der Waals surface area contributed by atoms with Crippen molar-refractivity contribution in [2.75, 3.05) is 0 Å². The summed E-state index contributed by atoms with van der Waals surface area (Å²) in [5.41, 5.74) is 14.0. The summed E-state index contributed by atoms with van der Waals surface area (Å²) in [5.74, 6) is -0.772. The van der Waals surface area contributed by atoms with Crippen LogP contribution in [0.4, 0.5) is 0 Å². The van der Waals surface area contributed by atoms with Crippen molar-refractivity contribution in [3.05, 3.63) is 179 Å². The minimum atomic E-state index is -0.386. The molecule has 2 N–H and O–H groups in total. The van der Waals surface area contributed by atoms with Crippen molar-refractivity contribution in [3.8, 4) is 0 Å². The Balaban J connectivity index is 0.869. The van der Waals surface area contributed by atoms with Gasteiger partial charge in [-0.3, -0.25) is 9.59 Å². The molecule has 0 saturated heterocycles. The number of carbonyl (C=O) groups excluding carboxylic acids is 2. The van der Waals surface area contributed by atoms with E-state index in [0.717, 1.165) is 44.9 Å². The van der Waals surface area contributed by atoms with E-state index in [2.05, 4.69) is 87.8 Å². The molecule has 4 heterocycles. The summed E-state index contributed by atoms with van der Waals surface area (Å²) in [5, 5.41) is 8.18. The van der Waals surface area contributed by atoms with E-state index < -0.39 is 0 Å². The molecule has 0 aliphatic rings. The first-order valence-corrected chi connectivity index (χ1v) is 16.7. The molecule has 4 aromatic heterocycles. The molecule has 0 atom stereocenters. The fraction of sp³-hybridized carbons (Fsp3) is 0.0476. The van der Waals surface area contributed by atoms with Crippen LogP contribution in [0, 0.1) is 0 Å². The number of hydrogen-bond donors (Lipinski definition) is 2. The van der Waals surface area contributed by atoms with E-state index in [-0.39, 0.29) is 11.8 Å². The molecule has 0 aliphatic heterocycles. The second-order valence-electron chi connectivity index (χ2n) is 12.1. The number of amides is 2. The van der Waals surface area contributed by atoms with Gasteiger partial charge in [0.05, 0.1) is 38.9 Å². The van der Waals surface area contributed by atoms with Crippen LogP contribution in [0.5, 0.6) is 0 Å². The molecule has 10 heteroatoms. The van der Waals surface area contributed by atoms with Crippen molar-refractivity contribution in [2.24, 2.45) is 24.3 Å². The van der Waals surface area contributed by atoms with Crippen LogP contribution >= 0.6 is 0 Å². The fourth-order valence-electron chi connectivity index (χ4n) is 5.70. The molecule has 0 unspecified atom stereocenters. The highest BCUT2D eigenvalue weighted by Crippen LogP contribution is 2.12. The van der Waals surface area contributed by atoms with Crippen LogP contribution in [0.3, 0.4) is 0 Å². The zero-order valence-electron chi connectivity index (χ0n) is 28.7. The molecule has 2 amide bonds. The van der Waals surface area contributed by atoms with Crippen molar-refractivity contribution < 1.29 is 18.4 Å². The maximum absolute atomic E-state index is 12.6. The van der Waals surface area contributed by atoms with Gasteiger partial charge in [-0.2, -0.15) is 10.2 Å². The van der Waals surface area contributed by atoms with Crippen LogP contribution in [0.15, 0.2) is 144 Å². The largest absolute Gasteiger partial charge is 0.286 e. The van der Waals surface area contributed by atoms with E-state index in [1.807, 2.05) is 99.3 Å². The van der Waals surface area contributed by atoms with Crippen LogP contribution in [-0.2, 0) is 14.1 Å². The molecular formula is C42H36N8O2+2. The van der Waals surface area contributed by atoms with E-state index in [9.17, 15) is 9.59 Å². The molecule has 0 fully saturated rings. The Kier molecular flexibility index (Phi) is 9.70. The van der Waals surface area contributed by atoms with E-state index in [1.54, 1.807) is 36.7 Å². The van der Waals surface area contributed by atoms with Gasteiger partial charge in [0.1, 0.15) is 12.4 Å². The predicted octanol–water partition coefficient (Wildman–Crippen LogP) is 5.71. The van der Waals surface area contributed by atoms with Gasteiger partial charge in [0.2, 0.25) is 0 Å². The minimum absolute atomic E-state index is 0.373. The van der Waals surface area contributed by atoms with Crippen LogP contribution in [-0.4, -0.2) is 33.4 Å². The lowest BCUT2D eigenvalue weighted by atomic mass is 10.1. The number of hydrazone groups is 2. The quantitative estimate of drug-likeness (QED) is 0.110. The molecular weight excluding hydrogens is 649 g/mol. The molecule has 52 heavy (non-hydrogen) atoms. The van der Waals surface area contributed by atoms with Crippen LogP contribution in [0.1, 0.15) is 54.4 Å². The van der Waals surface area contributed by atoms with Crippen LogP contribution in [0.2, 0.25) is 0 Å². The standard InChI is InChI=1S/C42H34N8O2/c1-47-37(29-49-25-5-3-7-39(47)49)23-17-31-9-13-33(14-10-31)27-43-45-41(51)35-19-21-36(22-20-35)42(52)46-44-28-34-15-11-32(12-16-34)18-24-38-30-50-26-6-4-8-40(50)48(38)2/h3-30H,1-2H3/p+2/b23-17+,24-18+,43-27+,44-28+. The number of pyridine rings is 2. The number of benzene rings is 3. The third-order valence-electron chi connectivity index (χ3n) is 8.67. The SMILES string of the molecule is Cn1c(/C=C/c2ccc(/C=N/NC(=O)c3ccc(C(=O)N/N=C/c4ccc(/C=C/c5c[n+]6ccccc6n5C)cc4)cc3)cc2)c[n+]2ccccc12. The van der Waals surface area contributed by atoms with Crippen molar-refractivity contribution >= 4 is 59.8 Å². The monoisotopic (exact) mass is 684 g/mol. The molecule has 0 bridgehead atoms. The highest BCUT2D eigenvalue weighted by Gasteiger charge is 2.12. The van der Waals surface area contributed by atoms with Gasteiger partial charge in [-0.25, -0.2) is 28.8 Å². The van der Waals surface area contributed by atoms with Crippen LogP contribution < -0.4 is 19.7 Å². The van der Waals surface area contributed by atoms with E-state index in [4.69, 9.17) is 0 Å². The second-order valence-corrected chi connectivity index (χ2v) is 12.1. The molecule has 254 valence electrons. The van der Waals surface area contributed by atoms with Crippen molar-refractivity contribution in [3.63, 3.8) is 0 Å². The van der Waals surface area contributed by atoms with Gasteiger partial charge >= 0.3 is 0 Å². The van der Waals surface area contributed by atoms with E-state index in [1.165, 1.54) is 0 Å². The highest BCUT2D eigenvalue weighted by molar-refractivity contribution is 5.98. The lowest BCUT2D eigenvalue weighted by Gasteiger charge is -2.03. The average molecular weight is 685 g/mol. The highest BCUT2D eigenvalue weighted by atomic mass is 16.2. The Labute approximate surface area is 300 Å². The Morgan fingerprint density at radius 3 is 1.29 bits per heavy atom. The zero-order chi connectivity index (χ0) is 35.9. The Morgan fingerprint density at radius 1 is 0.519 bits per heavy atom. The second kappa shape index (κ2) is 15.1. The number of nitrogens with zero attached hydrogens (tertiary/aromatic N) is 6. The number of rotatable bonds is 10. The predicted molar refractivity (Wildman–Crippen MR) is 204 cm³/mol. The van der Waals surface area contributed by atoms with Crippen molar-refractivity contribution in [1.82, 2.24) is 20.0 Å². The van der Waals surface area contributed by atoms with Gasteiger partial charge < -0.3 is 0 Å². The zero-order valence-corrected chi connectivity index (χ0v) is 28.7. The summed E-state index contributed by atoms with van der Waals surface area (Å²) in [6.07, 6.45) is 19.6. The third-order valence-corrected chi connectivity index (χ3v) is 8.67. The molecule has 0 aliphatic carbocycles. The normalized spacial score (nSPS) is 11.9. The molecule has 7 rings (SSSR count). The number of nitrogens with one attached hydrogen (secondary N) is 2. The van der Waals surface area contributed by atoms with E-state index in [0.29, 0.717) is 11.1 Å². The topological polar surface area (TPSA) is 101 Å². The Morgan fingerprint density at radius 2 is 0.904 bits per heavy atom. The van der Waals surface area contributed by atoms with Crippen molar-refractivity contribution in [2.45, 2.75) is 0 Å². The van der Waals surface area contributed by atoms with Gasteiger partial charge in [0, 0.05) is 23.3 Å². The van der Waals surface area contributed by atoms with E-state index >= 15 is 0 Å². The minimum Gasteiger partial charge on any atom is -0.267 e. The van der Waals surface area contributed by atoms with Crippen molar-refractivity contribution in [1.29, 1.82) is 0 Å². The number of hydrogen-bond acceptors (Lipinski definition) is 4. The number of fused-ring (bicyclic) bond motifs is 2. The Bertz CT molecular complexity index is 2330. The molecule has 10 nitrogen and oxygen atoms in total. The number of carbonyl (C=O) groups is 2. The average Bonchev–Trinajstić information content (AvgIpc) is 3.68. The summed E-state index contributed by atoms with van der Waals surface area (Å²) >= 11 is 0. The number of imidazole rings is 2. The fourth-order valence-corrected chi connectivity index (χ4v) is 5.70. The summed E-state index contributed by atoms with van der Waals surface area (Å²) in [7, 11) is 4.08. The Hall–Kier alpha value is -7.20. The van der Waals surface area contributed by atoms with Gasteiger partial charge in [-0.1, -0.05) is 72.8 Å². The molecule has 3 aromatic carbocycles. The third kappa shape index (κ3) is 7.66. The summed E-state index contributed by atoms with van der Waals surface area (Å²) in [6.45, 7) is 0. The van der Waals surface area contributed by atoms with Gasteiger partial charge in [-0.15, -0.1) is 0 Å². The molecule has 0 spiro atoms. The van der Waals surface area contributed by atoms with Gasteiger partial charge in [0.15, 0.2) is 11.4 Å². The lowest BCUT2D eigenvalue weighted by molar-refractivity contribution is -0.510. The lowest BCUT2D eigenvalue weighted by Crippen LogP contribution is -2.19. The van der Waals surface area contributed by atoms with Gasteiger partial charge in [-0.05, 0) is 70.8 Å². The first-order valence-electron chi connectivity index (χ1n) is 16.7. The summed E-state index contributed by atoms with van der Waals surface area (Å²) < 4.78 is 8.43. The number of aryl methyl sites for hydroxylation is 2. The molecule has 7 aromatic rings. The number of aromatic nitrogens is 4. The maximum atomic E-state index is 12.6. The summed E-state index contributed by atoms with van der Waals surface area (Å²) in [4.78, 5) is 25.3. The first-order chi connectivity index (χ1) is 25.4. The molecule has 0 radical (unpaired) electrons. The molecule has 0 saturated carbocycles. The summed E-state index contributed by atoms with van der Waals surface area (Å²) in [6, 6.07) is 34.2. The smallest absolute Gasteiger partial charge is 0.267 e.